The van der Waals surface area contributed by atoms with Gasteiger partial charge in [0.1, 0.15) is 11.4 Å². The second kappa shape index (κ2) is 4.66. The van der Waals surface area contributed by atoms with Crippen LogP contribution in [0, 0.1) is 0 Å². The summed E-state index contributed by atoms with van der Waals surface area (Å²) < 4.78 is 39.7. The summed E-state index contributed by atoms with van der Waals surface area (Å²) in [6.45, 7) is 0. The van der Waals surface area contributed by atoms with E-state index in [-0.39, 0.29) is 5.78 Å². The predicted octanol–water partition coefficient (Wildman–Crippen LogP) is 3.18. The molecule has 2 aromatic rings. The molecular formula is C11H11F3N4S. The van der Waals surface area contributed by atoms with Crippen LogP contribution in [0.3, 0.4) is 0 Å². The van der Waals surface area contributed by atoms with Crippen LogP contribution < -0.4 is 0 Å². The van der Waals surface area contributed by atoms with E-state index in [0.717, 1.165) is 31.7 Å². The molecule has 0 unspecified atom stereocenters. The minimum Gasteiger partial charge on any atom is -0.206 e. The molecule has 0 N–H and O–H groups in total. The Morgan fingerprint density at radius 2 is 2.00 bits per heavy atom. The highest BCUT2D eigenvalue weighted by molar-refractivity contribution is 7.99. The highest BCUT2D eigenvalue weighted by Crippen LogP contribution is 2.36. The normalized spacial score (nSPS) is 17.4. The van der Waals surface area contributed by atoms with Gasteiger partial charge >= 0.3 is 6.18 Å². The van der Waals surface area contributed by atoms with Gasteiger partial charge in [-0.2, -0.15) is 27.8 Å². The topological polar surface area (TPSA) is 43.1 Å². The molecule has 0 bridgehead atoms. The standard InChI is InChI=1S/C11H11F3N4S/c12-11(13,14)8-5-9(19-7-3-1-2-4-7)18-10(17-8)15-6-16-18/h5-7H,1-4H2. The first-order valence-electron chi connectivity index (χ1n) is 5.99. The van der Waals surface area contributed by atoms with E-state index >= 15 is 0 Å². The molecule has 102 valence electrons. The first kappa shape index (κ1) is 12.7. The van der Waals surface area contributed by atoms with Crippen LogP contribution in [0.2, 0.25) is 0 Å². The summed E-state index contributed by atoms with van der Waals surface area (Å²) in [4.78, 5) is 7.25. The Kier molecular flexibility index (Phi) is 3.12. The molecule has 1 fully saturated rings. The van der Waals surface area contributed by atoms with Gasteiger partial charge in [0, 0.05) is 11.3 Å². The van der Waals surface area contributed by atoms with Gasteiger partial charge in [-0.1, -0.05) is 12.8 Å². The first-order chi connectivity index (χ1) is 9.04. The van der Waals surface area contributed by atoms with E-state index in [1.807, 2.05) is 0 Å². The lowest BCUT2D eigenvalue weighted by molar-refractivity contribution is -0.141. The van der Waals surface area contributed by atoms with Gasteiger partial charge < -0.3 is 0 Å². The van der Waals surface area contributed by atoms with Crippen molar-refractivity contribution >= 4 is 17.5 Å². The lowest BCUT2D eigenvalue weighted by Gasteiger charge is -2.12. The molecule has 0 aliphatic heterocycles. The highest BCUT2D eigenvalue weighted by Gasteiger charge is 2.34. The number of nitrogens with zero attached hydrogens (tertiary/aromatic N) is 4. The second-order valence-corrected chi connectivity index (χ2v) is 5.79. The van der Waals surface area contributed by atoms with Crippen LogP contribution in [0.1, 0.15) is 31.4 Å². The summed E-state index contributed by atoms with van der Waals surface area (Å²) in [7, 11) is 0. The number of halogens is 3. The Hall–Kier alpha value is -1.31. The molecular weight excluding hydrogens is 277 g/mol. The van der Waals surface area contributed by atoms with Crippen LogP contribution in [0.4, 0.5) is 13.2 Å². The van der Waals surface area contributed by atoms with Gasteiger partial charge in [0.05, 0.1) is 0 Å². The lowest BCUT2D eigenvalue weighted by atomic mass is 10.4. The average Bonchev–Trinajstić information content (AvgIpc) is 2.97. The van der Waals surface area contributed by atoms with Gasteiger partial charge in [0.2, 0.25) is 0 Å². The van der Waals surface area contributed by atoms with E-state index in [2.05, 4.69) is 15.1 Å². The van der Waals surface area contributed by atoms with Crippen molar-refractivity contribution in [3.63, 3.8) is 0 Å². The van der Waals surface area contributed by atoms with Crippen LogP contribution in [-0.2, 0) is 6.18 Å². The third kappa shape index (κ3) is 2.54. The number of thioether (sulfide) groups is 1. The fourth-order valence-electron chi connectivity index (χ4n) is 2.19. The van der Waals surface area contributed by atoms with Gasteiger partial charge in [0.15, 0.2) is 5.69 Å². The van der Waals surface area contributed by atoms with Gasteiger partial charge in [-0.05, 0) is 12.8 Å². The molecule has 4 nitrogen and oxygen atoms in total. The van der Waals surface area contributed by atoms with Crippen molar-refractivity contribution in [1.82, 2.24) is 19.6 Å². The Morgan fingerprint density at radius 1 is 1.26 bits per heavy atom. The molecule has 2 aromatic heterocycles. The van der Waals surface area contributed by atoms with Crippen molar-refractivity contribution in [3.05, 3.63) is 18.1 Å². The minimum absolute atomic E-state index is 0.00433. The molecule has 1 saturated carbocycles. The highest BCUT2D eigenvalue weighted by atomic mass is 32.2. The van der Waals surface area contributed by atoms with Crippen LogP contribution in [-0.4, -0.2) is 24.8 Å². The van der Waals surface area contributed by atoms with Gasteiger partial charge in [-0.3, -0.25) is 0 Å². The van der Waals surface area contributed by atoms with Crippen molar-refractivity contribution in [3.8, 4) is 0 Å². The van der Waals surface area contributed by atoms with Crippen LogP contribution in [0.25, 0.3) is 5.78 Å². The number of rotatable bonds is 2. The van der Waals surface area contributed by atoms with Crippen molar-refractivity contribution in [2.45, 2.75) is 42.1 Å². The smallest absolute Gasteiger partial charge is 0.206 e. The quantitative estimate of drug-likeness (QED) is 0.796. The summed E-state index contributed by atoms with van der Waals surface area (Å²) in [6, 6.07) is 1.06. The summed E-state index contributed by atoms with van der Waals surface area (Å²) in [5.41, 5.74) is -0.909. The van der Waals surface area contributed by atoms with E-state index in [0.29, 0.717) is 10.3 Å². The van der Waals surface area contributed by atoms with Gasteiger partial charge in [-0.15, -0.1) is 11.8 Å². The second-order valence-electron chi connectivity index (χ2n) is 4.47. The maximum atomic E-state index is 12.8. The van der Waals surface area contributed by atoms with E-state index in [9.17, 15) is 13.2 Å². The molecule has 0 radical (unpaired) electrons. The Bertz CT molecular complexity index is 589. The van der Waals surface area contributed by atoms with E-state index in [4.69, 9.17) is 0 Å². The molecule has 0 spiro atoms. The molecule has 0 aromatic carbocycles. The number of aromatic nitrogens is 4. The number of fused-ring (bicyclic) bond motifs is 1. The molecule has 2 heterocycles. The molecule has 1 aliphatic rings. The monoisotopic (exact) mass is 288 g/mol. The zero-order valence-electron chi connectivity index (χ0n) is 9.89. The number of hydrogen-bond donors (Lipinski definition) is 0. The summed E-state index contributed by atoms with van der Waals surface area (Å²) in [5.74, 6) is -0.00433. The third-order valence-electron chi connectivity index (χ3n) is 3.10. The van der Waals surface area contributed by atoms with Crippen molar-refractivity contribution < 1.29 is 13.2 Å². The summed E-state index contributed by atoms with van der Waals surface area (Å²) >= 11 is 1.44. The Balaban J connectivity index is 2.02. The maximum Gasteiger partial charge on any atom is 0.433 e. The maximum absolute atomic E-state index is 12.8. The van der Waals surface area contributed by atoms with Gasteiger partial charge in [0.25, 0.3) is 5.78 Å². The molecule has 0 amide bonds. The molecule has 8 heteroatoms. The fraction of sp³-hybridized carbons (Fsp3) is 0.545. The van der Waals surface area contributed by atoms with Crippen molar-refractivity contribution in [1.29, 1.82) is 0 Å². The average molecular weight is 288 g/mol. The molecule has 0 saturated heterocycles. The fourth-order valence-corrected chi connectivity index (χ4v) is 3.51. The Labute approximate surface area is 111 Å². The zero-order valence-corrected chi connectivity index (χ0v) is 10.7. The number of hydrogen-bond acceptors (Lipinski definition) is 4. The molecule has 19 heavy (non-hydrogen) atoms. The van der Waals surface area contributed by atoms with E-state index in [1.165, 1.54) is 22.6 Å². The minimum atomic E-state index is -4.46. The molecule has 3 rings (SSSR count). The zero-order chi connectivity index (χ0) is 13.5. The van der Waals surface area contributed by atoms with Crippen molar-refractivity contribution in [2.24, 2.45) is 0 Å². The SMILES string of the molecule is FC(F)(F)c1cc(SC2CCCC2)n2ncnc2n1. The largest absolute Gasteiger partial charge is 0.433 e. The van der Waals surface area contributed by atoms with Crippen LogP contribution >= 0.6 is 11.8 Å². The van der Waals surface area contributed by atoms with Gasteiger partial charge in [-0.25, -0.2) is 4.98 Å². The molecule has 0 atom stereocenters. The molecule has 1 aliphatic carbocycles. The van der Waals surface area contributed by atoms with E-state index in [1.54, 1.807) is 0 Å². The predicted molar refractivity (Wildman–Crippen MR) is 63.9 cm³/mol. The van der Waals surface area contributed by atoms with Crippen LogP contribution in [0.5, 0.6) is 0 Å². The van der Waals surface area contributed by atoms with Crippen molar-refractivity contribution in [2.75, 3.05) is 0 Å². The summed E-state index contributed by atoms with van der Waals surface area (Å²) in [5, 5.41) is 4.76. The lowest BCUT2D eigenvalue weighted by Crippen LogP contribution is -2.11. The third-order valence-corrected chi connectivity index (χ3v) is 4.44. The summed E-state index contributed by atoms with van der Waals surface area (Å²) in [6.07, 6.45) is 1.10. The Morgan fingerprint density at radius 3 is 2.68 bits per heavy atom. The van der Waals surface area contributed by atoms with Crippen LogP contribution in [0.15, 0.2) is 17.4 Å². The number of alkyl halides is 3. The van der Waals surface area contributed by atoms with E-state index < -0.39 is 11.9 Å². The first-order valence-corrected chi connectivity index (χ1v) is 6.86.